The number of amides is 1. The van der Waals surface area contributed by atoms with E-state index in [2.05, 4.69) is 0 Å². The molecule has 2 rings (SSSR count). The van der Waals surface area contributed by atoms with E-state index in [-0.39, 0.29) is 24.2 Å². The van der Waals surface area contributed by atoms with Gasteiger partial charge in [0.1, 0.15) is 6.10 Å². The molecule has 4 heteroatoms. The Morgan fingerprint density at radius 1 is 1.22 bits per heavy atom. The van der Waals surface area contributed by atoms with Crippen molar-refractivity contribution >= 4 is 5.91 Å². The van der Waals surface area contributed by atoms with Gasteiger partial charge in [0.2, 0.25) is 0 Å². The zero-order valence-corrected chi connectivity index (χ0v) is 11.4. The average molecular weight is 254 g/mol. The third-order valence-corrected chi connectivity index (χ3v) is 4.08. The molecule has 3 unspecified atom stereocenters. The Bertz CT molecular complexity index is 277. The summed E-state index contributed by atoms with van der Waals surface area (Å²) in [6.45, 7) is 3.69. The van der Waals surface area contributed by atoms with Crippen LogP contribution in [0.3, 0.4) is 0 Å². The van der Waals surface area contributed by atoms with Crippen LogP contribution in [0.25, 0.3) is 0 Å². The minimum absolute atomic E-state index is 0.161. The van der Waals surface area contributed by atoms with Gasteiger partial charge in [0, 0.05) is 19.1 Å². The van der Waals surface area contributed by atoms with Gasteiger partial charge in [-0.1, -0.05) is 0 Å². The molecule has 0 aromatic carbocycles. The number of ether oxygens (including phenoxy) is 1. The lowest BCUT2D eigenvalue weighted by molar-refractivity contribution is -0.148. The fraction of sp³-hybridized carbons (Fsp3) is 0.929. The van der Waals surface area contributed by atoms with Gasteiger partial charge in [0.25, 0.3) is 5.91 Å². The lowest BCUT2D eigenvalue weighted by Crippen LogP contribution is -2.44. The first-order valence-corrected chi connectivity index (χ1v) is 7.36. The third-order valence-electron chi connectivity index (χ3n) is 4.08. The van der Waals surface area contributed by atoms with Crippen LogP contribution < -0.4 is 5.73 Å². The van der Waals surface area contributed by atoms with Crippen LogP contribution in [0.5, 0.6) is 0 Å². The molecule has 4 nitrogen and oxygen atoms in total. The second-order valence-electron chi connectivity index (χ2n) is 5.71. The lowest BCUT2D eigenvalue weighted by Gasteiger charge is -2.32. The number of nitrogens with zero attached hydrogens (tertiary/aromatic N) is 1. The minimum atomic E-state index is -0.307. The molecule has 104 valence electrons. The van der Waals surface area contributed by atoms with Gasteiger partial charge in [0.05, 0.1) is 6.10 Å². The number of rotatable bonds is 3. The molecule has 0 aromatic heterocycles. The van der Waals surface area contributed by atoms with Gasteiger partial charge in [-0.25, -0.2) is 0 Å². The van der Waals surface area contributed by atoms with Crippen molar-refractivity contribution in [1.82, 2.24) is 4.90 Å². The fourth-order valence-electron chi connectivity index (χ4n) is 3.02. The Labute approximate surface area is 110 Å². The van der Waals surface area contributed by atoms with Crippen molar-refractivity contribution in [2.75, 3.05) is 13.1 Å². The van der Waals surface area contributed by atoms with Crippen LogP contribution >= 0.6 is 0 Å². The molecule has 2 fully saturated rings. The summed E-state index contributed by atoms with van der Waals surface area (Å²) in [5, 5.41) is 0. The van der Waals surface area contributed by atoms with E-state index in [9.17, 15) is 4.79 Å². The van der Waals surface area contributed by atoms with Crippen molar-refractivity contribution in [1.29, 1.82) is 0 Å². The normalized spacial score (nSPS) is 31.1. The second-order valence-corrected chi connectivity index (χ2v) is 5.71. The maximum atomic E-state index is 12.2. The summed E-state index contributed by atoms with van der Waals surface area (Å²) in [4.78, 5) is 14.2. The largest absolute Gasteiger partial charge is 0.365 e. The molecule has 2 N–H and O–H groups in total. The zero-order chi connectivity index (χ0) is 13.0. The number of nitrogens with two attached hydrogens (primary N) is 1. The summed E-state index contributed by atoms with van der Waals surface area (Å²) in [5.41, 5.74) is 5.94. The van der Waals surface area contributed by atoms with E-state index in [0.29, 0.717) is 0 Å². The van der Waals surface area contributed by atoms with Crippen molar-refractivity contribution in [2.24, 2.45) is 5.73 Å². The van der Waals surface area contributed by atoms with E-state index in [1.165, 1.54) is 6.42 Å². The summed E-state index contributed by atoms with van der Waals surface area (Å²) in [5.74, 6) is 0.161. The van der Waals surface area contributed by atoms with Gasteiger partial charge in [0.15, 0.2) is 0 Å². The number of hydrogen-bond donors (Lipinski definition) is 1. The highest BCUT2D eigenvalue weighted by molar-refractivity contribution is 5.80. The standard InChI is InChI=1S/C14H26N2O2/c1-11(14(17)16-8-3-2-4-9-16)18-13-7-5-6-12(15)10-13/h11-13H,2-10,15H2,1H3. The maximum absolute atomic E-state index is 12.2. The molecule has 1 saturated heterocycles. The summed E-state index contributed by atoms with van der Waals surface area (Å²) in [7, 11) is 0. The van der Waals surface area contributed by atoms with E-state index >= 15 is 0 Å². The van der Waals surface area contributed by atoms with E-state index in [0.717, 1.165) is 51.6 Å². The Balaban J connectivity index is 1.79. The first-order valence-electron chi connectivity index (χ1n) is 7.36. The Morgan fingerprint density at radius 2 is 1.94 bits per heavy atom. The van der Waals surface area contributed by atoms with Crippen LogP contribution in [0, 0.1) is 0 Å². The molecule has 0 spiro atoms. The molecule has 0 radical (unpaired) electrons. The van der Waals surface area contributed by atoms with Crippen LogP contribution in [-0.4, -0.2) is 42.1 Å². The van der Waals surface area contributed by atoms with Gasteiger partial charge in [-0.05, 0) is 51.9 Å². The van der Waals surface area contributed by atoms with Crippen LogP contribution in [0.15, 0.2) is 0 Å². The Kier molecular flexibility index (Phi) is 5.01. The van der Waals surface area contributed by atoms with Crippen LogP contribution in [-0.2, 0) is 9.53 Å². The van der Waals surface area contributed by atoms with Crippen molar-refractivity contribution in [3.8, 4) is 0 Å². The van der Waals surface area contributed by atoms with E-state index < -0.39 is 0 Å². The van der Waals surface area contributed by atoms with E-state index in [1.54, 1.807) is 0 Å². The average Bonchev–Trinajstić information content (AvgIpc) is 2.39. The van der Waals surface area contributed by atoms with Crippen molar-refractivity contribution in [2.45, 2.75) is 70.1 Å². The first kappa shape index (κ1) is 13.8. The monoisotopic (exact) mass is 254 g/mol. The lowest BCUT2D eigenvalue weighted by atomic mass is 9.93. The predicted octanol–water partition coefficient (Wildman–Crippen LogP) is 1.67. The molecule has 1 amide bonds. The van der Waals surface area contributed by atoms with Crippen LogP contribution in [0.4, 0.5) is 0 Å². The topological polar surface area (TPSA) is 55.6 Å². The molecular weight excluding hydrogens is 228 g/mol. The molecule has 3 atom stereocenters. The van der Waals surface area contributed by atoms with Crippen molar-refractivity contribution in [3.63, 3.8) is 0 Å². The zero-order valence-electron chi connectivity index (χ0n) is 11.4. The highest BCUT2D eigenvalue weighted by Crippen LogP contribution is 2.22. The highest BCUT2D eigenvalue weighted by Gasteiger charge is 2.27. The minimum Gasteiger partial charge on any atom is -0.365 e. The molecule has 0 aromatic rings. The number of hydrogen-bond acceptors (Lipinski definition) is 3. The molecule has 1 heterocycles. The van der Waals surface area contributed by atoms with Gasteiger partial charge in [-0.3, -0.25) is 4.79 Å². The quantitative estimate of drug-likeness (QED) is 0.833. The molecule has 1 saturated carbocycles. The molecule has 1 aliphatic heterocycles. The summed E-state index contributed by atoms with van der Waals surface area (Å²) in [6, 6.07) is 0.251. The predicted molar refractivity (Wildman–Crippen MR) is 71.2 cm³/mol. The SMILES string of the molecule is CC(OC1CCCC(N)C1)C(=O)N1CCCCC1. The smallest absolute Gasteiger partial charge is 0.251 e. The Hall–Kier alpha value is -0.610. The number of likely N-dealkylation sites (tertiary alicyclic amines) is 1. The van der Waals surface area contributed by atoms with Crippen LogP contribution in [0.1, 0.15) is 51.9 Å². The number of carbonyl (C=O) groups excluding carboxylic acids is 1. The molecule has 2 aliphatic rings. The summed E-state index contributed by atoms with van der Waals surface area (Å²) >= 11 is 0. The summed E-state index contributed by atoms with van der Waals surface area (Å²) in [6.07, 6.45) is 7.54. The number of piperidine rings is 1. The number of carbonyl (C=O) groups is 1. The van der Waals surface area contributed by atoms with E-state index in [4.69, 9.17) is 10.5 Å². The van der Waals surface area contributed by atoms with Gasteiger partial charge in [-0.15, -0.1) is 0 Å². The van der Waals surface area contributed by atoms with E-state index in [1.807, 2.05) is 11.8 Å². The summed E-state index contributed by atoms with van der Waals surface area (Å²) < 4.78 is 5.91. The van der Waals surface area contributed by atoms with Gasteiger partial charge >= 0.3 is 0 Å². The van der Waals surface area contributed by atoms with Crippen molar-refractivity contribution in [3.05, 3.63) is 0 Å². The van der Waals surface area contributed by atoms with Gasteiger partial charge < -0.3 is 15.4 Å². The second kappa shape index (κ2) is 6.53. The molecule has 1 aliphatic carbocycles. The first-order chi connectivity index (χ1) is 8.66. The fourth-order valence-corrected chi connectivity index (χ4v) is 3.02. The van der Waals surface area contributed by atoms with Crippen LogP contribution in [0.2, 0.25) is 0 Å². The molecular formula is C14H26N2O2. The highest BCUT2D eigenvalue weighted by atomic mass is 16.5. The maximum Gasteiger partial charge on any atom is 0.251 e. The molecule has 0 bridgehead atoms. The molecule has 18 heavy (non-hydrogen) atoms. The Morgan fingerprint density at radius 3 is 2.61 bits per heavy atom. The van der Waals surface area contributed by atoms with Crippen molar-refractivity contribution < 1.29 is 9.53 Å². The van der Waals surface area contributed by atoms with Gasteiger partial charge in [-0.2, -0.15) is 0 Å². The third kappa shape index (κ3) is 3.69.